The van der Waals surface area contributed by atoms with Gasteiger partial charge in [-0.1, -0.05) is 12.8 Å². The molecular weight excluding hydrogens is 144 g/mol. The van der Waals surface area contributed by atoms with Gasteiger partial charge in [-0.25, -0.2) is 0 Å². The van der Waals surface area contributed by atoms with Crippen molar-refractivity contribution < 1.29 is 0 Å². The molecule has 0 aromatic heterocycles. The van der Waals surface area contributed by atoms with Crippen molar-refractivity contribution in [2.45, 2.75) is 57.8 Å². The van der Waals surface area contributed by atoms with Crippen molar-refractivity contribution in [3.05, 3.63) is 0 Å². The Balaban J connectivity index is 1.80. The second-order valence-corrected chi connectivity index (χ2v) is 5.49. The standard InChI is InChI=1S/C12H20/c1-2-4-11(3-1)12-7-5-10(9-12)6-8-12/h10-11H,1-9H2. The highest BCUT2D eigenvalue weighted by Gasteiger charge is 2.49. The summed E-state index contributed by atoms with van der Waals surface area (Å²) in [5, 5.41) is 0. The van der Waals surface area contributed by atoms with Crippen molar-refractivity contribution in [2.75, 3.05) is 0 Å². The Morgan fingerprint density at radius 3 is 2.00 bits per heavy atom. The van der Waals surface area contributed by atoms with E-state index in [0.717, 1.165) is 17.3 Å². The zero-order chi connectivity index (χ0) is 8.02. The van der Waals surface area contributed by atoms with Crippen molar-refractivity contribution in [1.29, 1.82) is 0 Å². The summed E-state index contributed by atoms with van der Waals surface area (Å²) < 4.78 is 0. The molecule has 3 aliphatic rings. The molecule has 68 valence electrons. The molecule has 0 aromatic rings. The minimum Gasteiger partial charge on any atom is -0.0530 e. The fraction of sp³-hybridized carbons (Fsp3) is 1.00. The Morgan fingerprint density at radius 2 is 1.50 bits per heavy atom. The molecule has 3 aliphatic carbocycles. The van der Waals surface area contributed by atoms with Crippen molar-refractivity contribution in [2.24, 2.45) is 17.3 Å². The van der Waals surface area contributed by atoms with Gasteiger partial charge in [0.05, 0.1) is 0 Å². The van der Waals surface area contributed by atoms with Crippen LogP contribution >= 0.6 is 0 Å². The fourth-order valence-electron chi connectivity index (χ4n) is 4.35. The van der Waals surface area contributed by atoms with E-state index < -0.39 is 0 Å². The van der Waals surface area contributed by atoms with E-state index in [1.165, 1.54) is 12.8 Å². The number of hydrogen-bond acceptors (Lipinski definition) is 0. The summed E-state index contributed by atoms with van der Waals surface area (Å²) in [5.41, 5.74) is 0.890. The zero-order valence-electron chi connectivity index (χ0n) is 8.02. The lowest BCUT2D eigenvalue weighted by atomic mass is 9.72. The van der Waals surface area contributed by atoms with Crippen LogP contribution in [0.15, 0.2) is 0 Å². The molecule has 0 amide bonds. The molecule has 0 unspecified atom stereocenters. The van der Waals surface area contributed by atoms with E-state index in [4.69, 9.17) is 0 Å². The zero-order valence-corrected chi connectivity index (χ0v) is 8.02. The maximum absolute atomic E-state index is 1.62. The average molecular weight is 164 g/mol. The molecule has 3 saturated carbocycles. The Morgan fingerprint density at radius 1 is 0.833 bits per heavy atom. The van der Waals surface area contributed by atoms with Crippen LogP contribution in [0.25, 0.3) is 0 Å². The van der Waals surface area contributed by atoms with Gasteiger partial charge >= 0.3 is 0 Å². The summed E-state index contributed by atoms with van der Waals surface area (Å²) in [4.78, 5) is 0. The molecule has 0 aromatic carbocycles. The van der Waals surface area contributed by atoms with E-state index >= 15 is 0 Å². The summed E-state index contributed by atoms with van der Waals surface area (Å²) in [7, 11) is 0. The van der Waals surface area contributed by atoms with Gasteiger partial charge in [0.15, 0.2) is 0 Å². The average Bonchev–Trinajstić information content (AvgIpc) is 2.82. The maximum Gasteiger partial charge on any atom is -0.0266 e. The van der Waals surface area contributed by atoms with E-state index in [1.54, 1.807) is 44.9 Å². The van der Waals surface area contributed by atoms with Crippen molar-refractivity contribution in [3.8, 4) is 0 Å². The lowest BCUT2D eigenvalue weighted by molar-refractivity contribution is 0.172. The molecule has 0 saturated heterocycles. The van der Waals surface area contributed by atoms with Crippen LogP contribution in [0, 0.1) is 17.3 Å². The van der Waals surface area contributed by atoms with Crippen LogP contribution in [0.4, 0.5) is 0 Å². The van der Waals surface area contributed by atoms with Gasteiger partial charge in [0, 0.05) is 0 Å². The predicted octanol–water partition coefficient (Wildman–Crippen LogP) is 3.76. The molecule has 0 heteroatoms. The van der Waals surface area contributed by atoms with E-state index in [0.29, 0.717) is 0 Å². The van der Waals surface area contributed by atoms with Crippen LogP contribution < -0.4 is 0 Å². The third-order valence-corrected chi connectivity index (χ3v) is 5.02. The third kappa shape index (κ3) is 0.900. The minimum absolute atomic E-state index is 0.890. The first-order valence-corrected chi connectivity index (χ1v) is 5.89. The molecule has 0 spiro atoms. The lowest BCUT2D eigenvalue weighted by Crippen LogP contribution is -2.23. The van der Waals surface area contributed by atoms with Crippen LogP contribution in [0.5, 0.6) is 0 Å². The summed E-state index contributed by atoms with van der Waals surface area (Å²) >= 11 is 0. The second kappa shape index (κ2) is 2.49. The van der Waals surface area contributed by atoms with Crippen molar-refractivity contribution in [3.63, 3.8) is 0 Å². The molecular formula is C12H20. The first kappa shape index (κ1) is 7.41. The molecule has 0 aliphatic heterocycles. The monoisotopic (exact) mass is 164 g/mol. The van der Waals surface area contributed by atoms with Gasteiger partial charge in [0.1, 0.15) is 0 Å². The van der Waals surface area contributed by atoms with Gasteiger partial charge in [-0.3, -0.25) is 0 Å². The third-order valence-electron chi connectivity index (χ3n) is 5.02. The van der Waals surface area contributed by atoms with Gasteiger partial charge in [0.2, 0.25) is 0 Å². The Hall–Kier alpha value is 0. The van der Waals surface area contributed by atoms with Gasteiger partial charge in [-0.2, -0.15) is 0 Å². The van der Waals surface area contributed by atoms with Crippen LogP contribution in [-0.4, -0.2) is 0 Å². The Kier molecular flexibility index (Phi) is 1.54. The first-order chi connectivity index (χ1) is 5.89. The lowest BCUT2D eigenvalue weighted by Gasteiger charge is -2.33. The van der Waals surface area contributed by atoms with Crippen molar-refractivity contribution in [1.82, 2.24) is 0 Å². The number of fused-ring (bicyclic) bond motifs is 2. The van der Waals surface area contributed by atoms with E-state index in [1.807, 2.05) is 0 Å². The topological polar surface area (TPSA) is 0 Å². The highest BCUT2D eigenvalue weighted by atomic mass is 14.5. The number of rotatable bonds is 1. The van der Waals surface area contributed by atoms with Crippen LogP contribution in [0.2, 0.25) is 0 Å². The van der Waals surface area contributed by atoms with E-state index in [2.05, 4.69) is 0 Å². The molecule has 2 bridgehead atoms. The molecule has 12 heavy (non-hydrogen) atoms. The van der Waals surface area contributed by atoms with Crippen LogP contribution in [0.3, 0.4) is 0 Å². The molecule has 0 atom stereocenters. The molecule has 3 fully saturated rings. The Labute approximate surface area is 75.7 Å². The second-order valence-electron chi connectivity index (χ2n) is 5.49. The summed E-state index contributed by atoms with van der Waals surface area (Å²) in [6, 6.07) is 0. The highest BCUT2D eigenvalue weighted by Crippen LogP contribution is 2.61. The van der Waals surface area contributed by atoms with Crippen LogP contribution in [-0.2, 0) is 0 Å². The summed E-state index contributed by atoms with van der Waals surface area (Å²) in [6.07, 6.45) is 14.2. The van der Waals surface area contributed by atoms with Crippen LogP contribution in [0.1, 0.15) is 57.8 Å². The summed E-state index contributed by atoms with van der Waals surface area (Å²) in [6.45, 7) is 0. The summed E-state index contributed by atoms with van der Waals surface area (Å²) in [5.74, 6) is 2.32. The quantitative estimate of drug-likeness (QED) is 0.553. The molecule has 0 nitrogen and oxygen atoms in total. The fourth-order valence-corrected chi connectivity index (χ4v) is 4.35. The first-order valence-electron chi connectivity index (χ1n) is 5.89. The van der Waals surface area contributed by atoms with Gasteiger partial charge in [-0.15, -0.1) is 0 Å². The maximum atomic E-state index is 1.62. The minimum atomic E-state index is 0.890. The number of hydrogen-bond donors (Lipinski definition) is 0. The molecule has 3 rings (SSSR count). The smallest absolute Gasteiger partial charge is 0.0266 e. The SMILES string of the molecule is C1CCC(C23CCC(CC2)C3)C1. The Bertz CT molecular complexity index is 168. The molecule has 0 N–H and O–H groups in total. The highest BCUT2D eigenvalue weighted by molar-refractivity contribution is 5.00. The largest absolute Gasteiger partial charge is 0.0530 e. The predicted molar refractivity (Wildman–Crippen MR) is 51.0 cm³/mol. The molecule has 0 radical (unpaired) electrons. The normalized spacial score (nSPS) is 47.5. The molecule has 0 heterocycles. The van der Waals surface area contributed by atoms with Gasteiger partial charge in [-0.05, 0) is 62.2 Å². The van der Waals surface area contributed by atoms with Gasteiger partial charge in [0.25, 0.3) is 0 Å². The van der Waals surface area contributed by atoms with Gasteiger partial charge < -0.3 is 0 Å². The van der Waals surface area contributed by atoms with Crippen molar-refractivity contribution >= 4 is 0 Å². The van der Waals surface area contributed by atoms with E-state index in [-0.39, 0.29) is 0 Å². The van der Waals surface area contributed by atoms with E-state index in [9.17, 15) is 0 Å².